The lowest BCUT2D eigenvalue weighted by Crippen LogP contribution is -2.20. The molecule has 1 fully saturated rings. The number of rotatable bonds is 1. The highest BCUT2D eigenvalue weighted by Crippen LogP contribution is 2.22. The molecule has 0 spiro atoms. The number of nitrogens with zero attached hydrogens (tertiary/aromatic N) is 1. The Morgan fingerprint density at radius 3 is 2.69 bits per heavy atom. The van der Waals surface area contributed by atoms with Gasteiger partial charge in [0.05, 0.1) is 18.3 Å². The molecule has 2 atom stereocenters. The quantitative estimate of drug-likeness (QED) is 0.682. The van der Waals surface area contributed by atoms with Gasteiger partial charge in [-0.1, -0.05) is 18.2 Å². The van der Waals surface area contributed by atoms with Crippen LogP contribution in [0.2, 0.25) is 0 Å². The van der Waals surface area contributed by atoms with Gasteiger partial charge in [0, 0.05) is 0 Å². The van der Waals surface area contributed by atoms with E-state index in [9.17, 15) is 4.21 Å². The number of benzene rings is 1. The fourth-order valence-corrected chi connectivity index (χ4v) is 2.37. The van der Waals surface area contributed by atoms with E-state index in [1.54, 1.807) is 4.31 Å². The van der Waals surface area contributed by atoms with Crippen molar-refractivity contribution in [3.8, 4) is 0 Å². The van der Waals surface area contributed by atoms with E-state index in [1.165, 1.54) is 0 Å². The van der Waals surface area contributed by atoms with Gasteiger partial charge in [-0.2, -0.15) is 0 Å². The van der Waals surface area contributed by atoms with Crippen molar-refractivity contribution < 1.29 is 8.39 Å². The maximum atomic E-state index is 11.4. The lowest BCUT2D eigenvalue weighted by Gasteiger charge is -2.12. The van der Waals surface area contributed by atoms with E-state index in [-0.39, 0.29) is 6.10 Å². The zero-order chi connectivity index (χ0) is 9.26. The molecule has 2 rings (SSSR count). The van der Waals surface area contributed by atoms with Crippen LogP contribution in [0.1, 0.15) is 6.92 Å². The van der Waals surface area contributed by atoms with E-state index >= 15 is 0 Å². The zero-order valence-corrected chi connectivity index (χ0v) is 8.16. The number of anilines is 1. The van der Waals surface area contributed by atoms with Crippen LogP contribution in [-0.2, 0) is 15.4 Å². The van der Waals surface area contributed by atoms with Crippen LogP contribution in [0.25, 0.3) is 0 Å². The van der Waals surface area contributed by atoms with Crippen molar-refractivity contribution in [2.75, 3.05) is 10.8 Å². The largest absolute Gasteiger partial charge is 0.269 e. The first-order valence-electron chi connectivity index (χ1n) is 4.19. The predicted octanol–water partition coefficient (Wildman–Crippen LogP) is 1.49. The van der Waals surface area contributed by atoms with Crippen molar-refractivity contribution in [2.45, 2.75) is 13.0 Å². The lowest BCUT2D eigenvalue weighted by molar-refractivity contribution is 0.287. The summed E-state index contributed by atoms with van der Waals surface area (Å²) in [4.78, 5) is 0. The van der Waals surface area contributed by atoms with Crippen molar-refractivity contribution in [2.24, 2.45) is 0 Å². The maximum absolute atomic E-state index is 11.4. The van der Waals surface area contributed by atoms with E-state index in [1.807, 2.05) is 37.3 Å². The number of hydrogen-bond acceptors (Lipinski definition) is 2. The second-order valence-electron chi connectivity index (χ2n) is 3.02. The normalized spacial score (nSPS) is 27.9. The van der Waals surface area contributed by atoms with Crippen LogP contribution in [-0.4, -0.2) is 16.9 Å². The van der Waals surface area contributed by atoms with Gasteiger partial charge in [0.1, 0.15) is 0 Å². The fourth-order valence-electron chi connectivity index (χ4n) is 1.30. The molecule has 1 aliphatic heterocycles. The summed E-state index contributed by atoms with van der Waals surface area (Å²) in [5, 5.41) is 0. The van der Waals surface area contributed by atoms with Crippen LogP contribution in [0.3, 0.4) is 0 Å². The highest BCUT2D eigenvalue weighted by molar-refractivity contribution is 7.82. The second kappa shape index (κ2) is 3.47. The minimum Gasteiger partial charge on any atom is -0.269 e. The zero-order valence-electron chi connectivity index (χ0n) is 7.34. The summed E-state index contributed by atoms with van der Waals surface area (Å²) in [7, 11) is 0. The van der Waals surface area contributed by atoms with Crippen LogP contribution in [0.4, 0.5) is 5.69 Å². The molecule has 1 aliphatic rings. The van der Waals surface area contributed by atoms with E-state index in [2.05, 4.69) is 0 Å². The van der Waals surface area contributed by atoms with Crippen LogP contribution in [0, 0.1) is 0 Å². The Balaban J connectivity index is 2.23. The van der Waals surface area contributed by atoms with Crippen LogP contribution < -0.4 is 4.31 Å². The molecule has 0 amide bonds. The smallest absolute Gasteiger partial charge is 0.264 e. The highest BCUT2D eigenvalue weighted by Gasteiger charge is 2.27. The molecule has 0 aromatic heterocycles. The molecule has 1 saturated heterocycles. The third-order valence-corrected chi connectivity index (χ3v) is 3.11. The minimum atomic E-state index is -1.31. The Bertz CT molecular complexity index is 315. The van der Waals surface area contributed by atoms with Gasteiger partial charge in [-0.15, -0.1) is 0 Å². The summed E-state index contributed by atoms with van der Waals surface area (Å²) >= 11 is -1.31. The molecule has 4 heteroatoms. The molecular formula is C9H11NO2S. The average Bonchev–Trinajstić information content (AvgIpc) is 2.47. The topological polar surface area (TPSA) is 29.5 Å². The van der Waals surface area contributed by atoms with Crippen molar-refractivity contribution in [1.29, 1.82) is 0 Å². The van der Waals surface area contributed by atoms with Gasteiger partial charge < -0.3 is 0 Å². The van der Waals surface area contributed by atoms with Gasteiger partial charge in [0.15, 0.2) is 0 Å². The summed E-state index contributed by atoms with van der Waals surface area (Å²) in [5.41, 5.74) is 0.949. The van der Waals surface area contributed by atoms with Gasteiger partial charge in [0.25, 0.3) is 11.3 Å². The molecule has 13 heavy (non-hydrogen) atoms. The minimum absolute atomic E-state index is 0.0426. The monoisotopic (exact) mass is 197 g/mol. The Labute approximate surface area is 80.1 Å². The lowest BCUT2D eigenvalue weighted by atomic mass is 10.3. The third kappa shape index (κ3) is 1.73. The molecule has 3 nitrogen and oxygen atoms in total. The molecule has 0 N–H and O–H groups in total. The molecule has 1 aromatic rings. The fraction of sp³-hybridized carbons (Fsp3) is 0.333. The molecule has 1 heterocycles. The molecule has 2 unspecified atom stereocenters. The van der Waals surface area contributed by atoms with E-state index in [0.29, 0.717) is 6.54 Å². The Kier molecular flexibility index (Phi) is 2.33. The Morgan fingerprint density at radius 2 is 2.15 bits per heavy atom. The van der Waals surface area contributed by atoms with Gasteiger partial charge in [0.2, 0.25) is 0 Å². The van der Waals surface area contributed by atoms with E-state index in [4.69, 9.17) is 4.18 Å². The number of hydrogen-bond donors (Lipinski definition) is 0. The van der Waals surface area contributed by atoms with Crippen molar-refractivity contribution >= 4 is 17.0 Å². The molecular weight excluding hydrogens is 186 g/mol. The van der Waals surface area contributed by atoms with E-state index in [0.717, 1.165) is 5.69 Å². The first-order chi connectivity index (χ1) is 6.27. The van der Waals surface area contributed by atoms with Gasteiger partial charge in [-0.05, 0) is 19.1 Å². The Morgan fingerprint density at radius 1 is 1.46 bits per heavy atom. The summed E-state index contributed by atoms with van der Waals surface area (Å²) in [6.45, 7) is 2.61. The summed E-state index contributed by atoms with van der Waals surface area (Å²) in [6.07, 6.45) is 0.0426. The molecule has 0 aliphatic carbocycles. The maximum Gasteiger partial charge on any atom is 0.264 e. The van der Waals surface area contributed by atoms with Crippen molar-refractivity contribution in [1.82, 2.24) is 0 Å². The van der Waals surface area contributed by atoms with Gasteiger partial charge in [-0.25, -0.2) is 4.21 Å². The second-order valence-corrected chi connectivity index (χ2v) is 4.09. The first-order valence-corrected chi connectivity index (χ1v) is 5.22. The molecule has 0 bridgehead atoms. The van der Waals surface area contributed by atoms with Gasteiger partial charge in [-0.3, -0.25) is 8.49 Å². The number of para-hydroxylation sites is 1. The third-order valence-electron chi connectivity index (χ3n) is 1.89. The van der Waals surface area contributed by atoms with Crippen LogP contribution >= 0.6 is 0 Å². The van der Waals surface area contributed by atoms with Crippen LogP contribution in [0.5, 0.6) is 0 Å². The summed E-state index contributed by atoms with van der Waals surface area (Å²) in [5.74, 6) is 0. The molecule has 1 aromatic carbocycles. The predicted molar refractivity (Wildman–Crippen MR) is 52.5 cm³/mol. The summed E-state index contributed by atoms with van der Waals surface area (Å²) < 4.78 is 18.3. The van der Waals surface area contributed by atoms with Crippen molar-refractivity contribution in [3.05, 3.63) is 30.3 Å². The van der Waals surface area contributed by atoms with Crippen molar-refractivity contribution in [3.63, 3.8) is 0 Å². The molecule has 0 saturated carbocycles. The average molecular weight is 197 g/mol. The summed E-state index contributed by atoms with van der Waals surface area (Å²) in [6, 6.07) is 9.65. The Hall–Kier alpha value is -0.870. The van der Waals surface area contributed by atoms with Crippen LogP contribution in [0.15, 0.2) is 30.3 Å². The molecule has 70 valence electrons. The standard InChI is InChI=1S/C9H11NO2S/c1-8-7-10(13(11)12-8)9-5-3-2-4-6-9/h2-6,8H,7H2,1H3. The SMILES string of the molecule is CC1CN(c2ccccc2)S(=O)O1. The molecule has 0 radical (unpaired) electrons. The van der Waals surface area contributed by atoms with E-state index < -0.39 is 11.3 Å². The van der Waals surface area contributed by atoms with Gasteiger partial charge >= 0.3 is 0 Å². The first kappa shape index (κ1) is 8.72. The highest BCUT2D eigenvalue weighted by atomic mass is 32.2.